The molecular weight excluding hydrogens is 328 g/mol. The summed E-state index contributed by atoms with van der Waals surface area (Å²) in [5.41, 5.74) is 2.12. The topological polar surface area (TPSA) is 71.7 Å². The Bertz CT molecular complexity index is 695. The van der Waals surface area contributed by atoms with Gasteiger partial charge >= 0.3 is 0 Å². The summed E-state index contributed by atoms with van der Waals surface area (Å²) >= 11 is 0. The predicted molar refractivity (Wildman–Crippen MR) is 105 cm³/mol. The third-order valence-electron chi connectivity index (χ3n) is 3.87. The Balaban J connectivity index is 1.75. The summed E-state index contributed by atoms with van der Waals surface area (Å²) in [6.45, 7) is 11.0. The Morgan fingerprint density at radius 1 is 1.27 bits per heavy atom. The van der Waals surface area contributed by atoms with E-state index >= 15 is 0 Å². The van der Waals surface area contributed by atoms with Crippen LogP contribution in [0.4, 0.5) is 0 Å². The molecule has 0 radical (unpaired) electrons. The summed E-state index contributed by atoms with van der Waals surface area (Å²) in [6.07, 6.45) is 0.887. The molecule has 2 rings (SSSR count). The SMILES string of the molecule is CCNC(=NCc1cc(C(C)C)no1)NCCCOc1ccccc1C. The molecule has 0 spiro atoms. The van der Waals surface area contributed by atoms with Gasteiger partial charge < -0.3 is 19.9 Å². The van der Waals surface area contributed by atoms with Crippen molar-refractivity contribution in [3.8, 4) is 5.75 Å². The van der Waals surface area contributed by atoms with Crippen molar-refractivity contribution in [1.29, 1.82) is 0 Å². The predicted octanol–water partition coefficient (Wildman–Crippen LogP) is 3.63. The molecule has 6 nitrogen and oxygen atoms in total. The van der Waals surface area contributed by atoms with Gasteiger partial charge in [-0.25, -0.2) is 4.99 Å². The van der Waals surface area contributed by atoms with Crippen molar-refractivity contribution in [3.05, 3.63) is 47.3 Å². The first-order chi connectivity index (χ1) is 12.6. The minimum absolute atomic E-state index is 0.357. The van der Waals surface area contributed by atoms with E-state index in [1.807, 2.05) is 31.2 Å². The maximum absolute atomic E-state index is 5.81. The molecule has 1 aromatic carbocycles. The molecule has 26 heavy (non-hydrogen) atoms. The molecule has 0 bridgehead atoms. The van der Waals surface area contributed by atoms with Gasteiger partial charge in [0.05, 0.1) is 12.3 Å². The van der Waals surface area contributed by atoms with Gasteiger partial charge in [0.2, 0.25) is 0 Å². The molecule has 1 heterocycles. The fourth-order valence-corrected chi connectivity index (χ4v) is 2.35. The number of para-hydroxylation sites is 1. The Kier molecular flexibility index (Phi) is 7.99. The number of rotatable bonds is 9. The first-order valence-electron chi connectivity index (χ1n) is 9.26. The monoisotopic (exact) mass is 358 g/mol. The van der Waals surface area contributed by atoms with Gasteiger partial charge in [-0.2, -0.15) is 0 Å². The quantitative estimate of drug-likeness (QED) is 0.407. The largest absolute Gasteiger partial charge is 0.493 e. The minimum Gasteiger partial charge on any atom is -0.493 e. The number of guanidine groups is 1. The summed E-state index contributed by atoms with van der Waals surface area (Å²) < 4.78 is 11.1. The van der Waals surface area contributed by atoms with E-state index < -0.39 is 0 Å². The van der Waals surface area contributed by atoms with Crippen molar-refractivity contribution in [2.24, 2.45) is 4.99 Å². The number of nitrogens with one attached hydrogen (secondary N) is 2. The van der Waals surface area contributed by atoms with Crippen molar-refractivity contribution < 1.29 is 9.26 Å². The van der Waals surface area contributed by atoms with Gasteiger partial charge in [-0.05, 0) is 37.8 Å². The highest BCUT2D eigenvalue weighted by molar-refractivity contribution is 5.79. The van der Waals surface area contributed by atoms with Crippen LogP contribution in [0.3, 0.4) is 0 Å². The third kappa shape index (κ3) is 6.43. The number of aliphatic imine (C=N–C) groups is 1. The lowest BCUT2D eigenvalue weighted by atomic mass is 10.1. The fraction of sp³-hybridized carbons (Fsp3) is 0.500. The van der Waals surface area contributed by atoms with Gasteiger partial charge in [0.1, 0.15) is 12.3 Å². The maximum atomic E-state index is 5.81. The highest BCUT2D eigenvalue weighted by atomic mass is 16.5. The fourth-order valence-electron chi connectivity index (χ4n) is 2.35. The molecule has 2 N–H and O–H groups in total. The van der Waals surface area contributed by atoms with E-state index in [1.165, 1.54) is 0 Å². The van der Waals surface area contributed by atoms with E-state index in [-0.39, 0.29) is 0 Å². The van der Waals surface area contributed by atoms with Crippen LogP contribution in [0.2, 0.25) is 0 Å². The molecule has 0 saturated carbocycles. The Morgan fingerprint density at radius 2 is 2.08 bits per heavy atom. The van der Waals surface area contributed by atoms with E-state index in [1.54, 1.807) is 0 Å². The zero-order valence-electron chi connectivity index (χ0n) is 16.2. The number of aromatic nitrogens is 1. The molecule has 0 aliphatic carbocycles. The van der Waals surface area contributed by atoms with Crippen LogP contribution in [-0.4, -0.2) is 30.8 Å². The van der Waals surface area contributed by atoms with Crippen LogP contribution in [-0.2, 0) is 6.54 Å². The molecule has 0 unspecified atom stereocenters. The van der Waals surface area contributed by atoms with Crippen molar-refractivity contribution in [2.45, 2.75) is 46.6 Å². The zero-order valence-corrected chi connectivity index (χ0v) is 16.2. The summed E-state index contributed by atoms with van der Waals surface area (Å²) in [4.78, 5) is 4.55. The average Bonchev–Trinajstić information content (AvgIpc) is 3.10. The van der Waals surface area contributed by atoms with Crippen molar-refractivity contribution in [3.63, 3.8) is 0 Å². The van der Waals surface area contributed by atoms with E-state index in [0.29, 0.717) is 19.1 Å². The van der Waals surface area contributed by atoms with Gasteiger partial charge in [0, 0.05) is 19.2 Å². The number of hydrogen-bond donors (Lipinski definition) is 2. The second kappa shape index (κ2) is 10.5. The molecule has 6 heteroatoms. The van der Waals surface area contributed by atoms with Crippen molar-refractivity contribution >= 4 is 5.96 Å². The summed E-state index contributed by atoms with van der Waals surface area (Å²) in [6, 6.07) is 10.0. The number of nitrogens with zero attached hydrogens (tertiary/aromatic N) is 2. The number of aryl methyl sites for hydroxylation is 1. The minimum atomic E-state index is 0.357. The highest BCUT2D eigenvalue weighted by Crippen LogP contribution is 2.16. The van der Waals surface area contributed by atoms with Gasteiger partial charge in [-0.1, -0.05) is 37.2 Å². The second-order valence-electron chi connectivity index (χ2n) is 6.46. The Labute approximate surface area is 156 Å². The summed E-state index contributed by atoms with van der Waals surface area (Å²) in [5, 5.41) is 10.6. The first-order valence-corrected chi connectivity index (χ1v) is 9.26. The average molecular weight is 358 g/mol. The van der Waals surface area contributed by atoms with Crippen LogP contribution in [0, 0.1) is 6.92 Å². The molecule has 0 amide bonds. The highest BCUT2D eigenvalue weighted by Gasteiger charge is 2.07. The number of hydrogen-bond acceptors (Lipinski definition) is 4. The molecule has 142 valence electrons. The van der Waals surface area contributed by atoms with E-state index in [4.69, 9.17) is 9.26 Å². The lowest BCUT2D eigenvalue weighted by Gasteiger charge is -2.12. The number of benzene rings is 1. The standard InChI is InChI=1S/C20H30N4O2/c1-5-21-20(23-14-17-13-18(15(2)3)24-26-17)22-11-8-12-25-19-10-7-6-9-16(19)4/h6-7,9-10,13,15H,5,8,11-12,14H2,1-4H3,(H2,21,22,23). The molecule has 1 aromatic heterocycles. The van der Waals surface area contributed by atoms with Gasteiger partial charge in [-0.3, -0.25) is 0 Å². The molecular formula is C20H30N4O2. The van der Waals surface area contributed by atoms with E-state index in [9.17, 15) is 0 Å². The smallest absolute Gasteiger partial charge is 0.191 e. The van der Waals surface area contributed by atoms with Crippen LogP contribution in [0.25, 0.3) is 0 Å². The number of ether oxygens (including phenoxy) is 1. The zero-order chi connectivity index (χ0) is 18.8. The van der Waals surface area contributed by atoms with Crippen molar-refractivity contribution in [1.82, 2.24) is 15.8 Å². The van der Waals surface area contributed by atoms with Gasteiger partial charge in [0.15, 0.2) is 11.7 Å². The molecule has 0 atom stereocenters. The molecule has 0 fully saturated rings. The second-order valence-corrected chi connectivity index (χ2v) is 6.46. The summed E-state index contributed by atoms with van der Waals surface area (Å²) in [5.74, 6) is 2.84. The van der Waals surface area contributed by atoms with Crippen LogP contribution in [0.1, 0.15) is 50.1 Å². The third-order valence-corrected chi connectivity index (χ3v) is 3.87. The lowest BCUT2D eigenvalue weighted by molar-refractivity contribution is 0.309. The van der Waals surface area contributed by atoms with E-state index in [0.717, 1.165) is 48.2 Å². The molecule has 2 aromatic rings. The Hall–Kier alpha value is -2.50. The van der Waals surface area contributed by atoms with E-state index in [2.05, 4.69) is 47.6 Å². The maximum Gasteiger partial charge on any atom is 0.191 e. The van der Waals surface area contributed by atoms with Gasteiger partial charge in [-0.15, -0.1) is 0 Å². The normalized spacial score (nSPS) is 11.7. The van der Waals surface area contributed by atoms with Gasteiger partial charge in [0.25, 0.3) is 0 Å². The van der Waals surface area contributed by atoms with Crippen LogP contribution in [0.15, 0.2) is 39.8 Å². The lowest BCUT2D eigenvalue weighted by Crippen LogP contribution is -2.38. The Morgan fingerprint density at radius 3 is 2.77 bits per heavy atom. The molecule has 0 aliphatic rings. The van der Waals surface area contributed by atoms with Crippen LogP contribution < -0.4 is 15.4 Å². The first kappa shape index (κ1) is 19.8. The molecule has 0 saturated heterocycles. The molecule has 0 aliphatic heterocycles. The van der Waals surface area contributed by atoms with Crippen LogP contribution >= 0.6 is 0 Å². The summed E-state index contributed by atoms with van der Waals surface area (Å²) in [7, 11) is 0. The van der Waals surface area contributed by atoms with Crippen molar-refractivity contribution in [2.75, 3.05) is 19.7 Å². The van der Waals surface area contributed by atoms with Crippen LogP contribution in [0.5, 0.6) is 5.75 Å².